The van der Waals surface area contributed by atoms with Crippen LogP contribution in [0.2, 0.25) is 0 Å². The lowest BCUT2D eigenvalue weighted by atomic mass is 9.89. The molecule has 2 fully saturated rings. The molecular weight excluding hydrogens is 578 g/mol. The van der Waals surface area contributed by atoms with Crippen molar-refractivity contribution < 1.29 is 16.8 Å². The third-order valence-corrected chi connectivity index (χ3v) is 11.1. The summed E-state index contributed by atoms with van der Waals surface area (Å²) < 4.78 is 55.6. The standard InChI is InChI=1S/C27H27N9O4S2/c1-41(37,38)24-23(18-11-19-8-9-20(12-18)36(19)42(39,40)27-30-15-31-34-27)33-26-21(14-32-35(26)25(24)28)17-7-10-22(29-13-17)16-5-3-2-4-6-16/h2-7,10,13-15,18-20H,8-9,11-12,28H2,1H3,(H,30,31,34). The predicted octanol–water partition coefficient (Wildman–Crippen LogP) is 2.66. The number of nitrogen functional groups attached to an aromatic ring is 1. The van der Waals surface area contributed by atoms with Gasteiger partial charge >= 0.3 is 0 Å². The molecular formula is C27H27N9O4S2. The minimum Gasteiger partial charge on any atom is -0.382 e. The molecule has 7 rings (SSSR count). The highest BCUT2D eigenvalue weighted by Gasteiger charge is 2.49. The van der Waals surface area contributed by atoms with E-state index in [0.29, 0.717) is 42.6 Å². The van der Waals surface area contributed by atoms with Crippen LogP contribution in [0, 0.1) is 0 Å². The highest BCUT2D eigenvalue weighted by atomic mass is 32.2. The fourth-order valence-corrected chi connectivity index (χ4v) is 9.15. The molecule has 2 unspecified atom stereocenters. The quantitative estimate of drug-likeness (QED) is 0.292. The monoisotopic (exact) mass is 605 g/mol. The van der Waals surface area contributed by atoms with Crippen LogP contribution in [0.4, 0.5) is 5.82 Å². The lowest BCUT2D eigenvalue weighted by Gasteiger charge is -2.37. The number of rotatable bonds is 6. The molecule has 3 N–H and O–H groups in total. The lowest BCUT2D eigenvalue weighted by molar-refractivity contribution is 0.221. The highest BCUT2D eigenvalue weighted by molar-refractivity contribution is 7.91. The molecule has 2 saturated heterocycles. The second-order valence-electron chi connectivity index (χ2n) is 10.8. The van der Waals surface area contributed by atoms with Crippen LogP contribution in [0.25, 0.3) is 28.0 Å². The molecule has 1 aromatic carbocycles. The molecule has 2 aliphatic rings. The van der Waals surface area contributed by atoms with Crippen molar-refractivity contribution >= 4 is 31.3 Å². The summed E-state index contributed by atoms with van der Waals surface area (Å²) in [4.78, 5) is 13.3. The molecule has 0 spiro atoms. The average Bonchev–Trinajstić information content (AvgIpc) is 3.72. The minimum atomic E-state index is -3.88. The Balaban J connectivity index is 1.30. The van der Waals surface area contributed by atoms with Crippen molar-refractivity contribution in [1.82, 2.24) is 39.1 Å². The van der Waals surface area contributed by atoms with E-state index in [2.05, 4.69) is 25.3 Å². The van der Waals surface area contributed by atoms with Gasteiger partial charge in [-0.2, -0.15) is 19.0 Å². The van der Waals surface area contributed by atoms with Crippen LogP contribution < -0.4 is 5.73 Å². The van der Waals surface area contributed by atoms with E-state index in [9.17, 15) is 16.8 Å². The Hall–Kier alpha value is -4.21. The van der Waals surface area contributed by atoms with Crippen LogP contribution in [0.3, 0.4) is 0 Å². The number of hydrogen-bond donors (Lipinski definition) is 2. The summed E-state index contributed by atoms with van der Waals surface area (Å²) in [5, 5.41) is 10.3. The SMILES string of the molecule is CS(=O)(=O)c1c(C2CC3CCC(C2)N3S(=O)(=O)c2ncn[nH]2)nc2c(-c3ccc(-c4ccccc4)nc3)cnn2c1N. The van der Waals surface area contributed by atoms with Crippen molar-refractivity contribution in [2.75, 3.05) is 12.0 Å². The number of piperidine rings is 1. The van der Waals surface area contributed by atoms with Gasteiger partial charge in [0.05, 0.1) is 17.6 Å². The van der Waals surface area contributed by atoms with Gasteiger partial charge in [-0.3, -0.25) is 4.98 Å². The normalized spacial score (nSPS) is 21.2. The number of sulfone groups is 1. The minimum absolute atomic E-state index is 0.0262. The number of nitrogens with two attached hydrogens (primary N) is 1. The summed E-state index contributed by atoms with van der Waals surface area (Å²) in [5.41, 5.74) is 10.4. The van der Waals surface area contributed by atoms with Gasteiger partial charge in [-0.15, -0.1) is 0 Å². The van der Waals surface area contributed by atoms with Gasteiger partial charge in [0.25, 0.3) is 15.2 Å². The third-order valence-electron chi connectivity index (χ3n) is 8.15. The Labute approximate surface area is 241 Å². The zero-order valence-electron chi connectivity index (χ0n) is 22.5. The fraction of sp³-hybridized carbons (Fsp3) is 0.296. The van der Waals surface area contributed by atoms with Crippen molar-refractivity contribution in [2.24, 2.45) is 0 Å². The molecule has 0 amide bonds. The topological polar surface area (TPSA) is 182 Å². The second-order valence-corrected chi connectivity index (χ2v) is 14.5. The molecule has 2 atom stereocenters. The van der Waals surface area contributed by atoms with E-state index >= 15 is 0 Å². The fourth-order valence-electron chi connectivity index (χ4n) is 6.38. The highest BCUT2D eigenvalue weighted by Crippen LogP contribution is 2.47. The number of pyridine rings is 1. The zero-order chi connectivity index (χ0) is 29.2. The third kappa shape index (κ3) is 4.26. The largest absolute Gasteiger partial charge is 0.382 e. The molecule has 0 saturated carbocycles. The van der Waals surface area contributed by atoms with Crippen LogP contribution in [-0.2, 0) is 19.9 Å². The molecule has 13 nitrogen and oxygen atoms in total. The number of sulfonamides is 1. The maximum absolute atomic E-state index is 13.3. The van der Waals surface area contributed by atoms with Gasteiger partial charge in [0.2, 0.25) is 0 Å². The Morgan fingerprint density at radius 3 is 2.29 bits per heavy atom. The van der Waals surface area contributed by atoms with E-state index in [4.69, 9.17) is 10.7 Å². The zero-order valence-corrected chi connectivity index (χ0v) is 24.1. The summed E-state index contributed by atoms with van der Waals surface area (Å²) in [6.45, 7) is 0. The Morgan fingerprint density at radius 1 is 0.929 bits per heavy atom. The smallest absolute Gasteiger partial charge is 0.278 e. The van der Waals surface area contributed by atoms with E-state index in [-0.39, 0.29) is 33.9 Å². The number of H-pyrrole nitrogens is 1. The van der Waals surface area contributed by atoms with Gasteiger partial charge in [-0.25, -0.2) is 31.9 Å². The van der Waals surface area contributed by atoms with Gasteiger partial charge in [0.1, 0.15) is 17.0 Å². The first-order chi connectivity index (χ1) is 20.1. The number of aromatic amines is 1. The van der Waals surface area contributed by atoms with Crippen molar-refractivity contribution in [3.05, 3.63) is 66.9 Å². The second kappa shape index (κ2) is 9.68. The summed E-state index contributed by atoms with van der Waals surface area (Å²) in [5.74, 6) is -0.358. The van der Waals surface area contributed by atoms with Gasteiger partial charge in [0.15, 0.2) is 15.5 Å². The van der Waals surface area contributed by atoms with Crippen LogP contribution in [0.5, 0.6) is 0 Å². The van der Waals surface area contributed by atoms with E-state index in [1.807, 2.05) is 42.5 Å². The molecule has 2 bridgehead atoms. The van der Waals surface area contributed by atoms with Crippen molar-refractivity contribution in [3.8, 4) is 22.4 Å². The number of aromatic nitrogens is 7. The Morgan fingerprint density at radius 2 is 1.67 bits per heavy atom. The van der Waals surface area contributed by atoms with Gasteiger partial charge in [-0.1, -0.05) is 36.4 Å². The van der Waals surface area contributed by atoms with Crippen LogP contribution in [0.1, 0.15) is 37.3 Å². The maximum Gasteiger partial charge on any atom is 0.278 e. The molecule has 6 heterocycles. The molecule has 2 aliphatic heterocycles. The summed E-state index contributed by atoms with van der Waals surface area (Å²) in [7, 11) is -7.68. The molecule has 5 aromatic rings. The molecule has 216 valence electrons. The van der Waals surface area contributed by atoms with E-state index in [1.54, 1.807) is 12.4 Å². The Bertz CT molecular complexity index is 2000. The van der Waals surface area contributed by atoms with Crippen LogP contribution in [0.15, 0.2) is 71.2 Å². The van der Waals surface area contributed by atoms with Crippen molar-refractivity contribution in [3.63, 3.8) is 0 Å². The molecule has 42 heavy (non-hydrogen) atoms. The van der Waals surface area contributed by atoms with Gasteiger partial charge < -0.3 is 5.73 Å². The first kappa shape index (κ1) is 26.7. The van der Waals surface area contributed by atoms with E-state index in [1.165, 1.54) is 8.82 Å². The maximum atomic E-state index is 13.3. The van der Waals surface area contributed by atoms with Crippen molar-refractivity contribution in [2.45, 2.75) is 53.7 Å². The molecule has 4 aromatic heterocycles. The number of fused-ring (bicyclic) bond motifs is 3. The number of nitrogens with zero attached hydrogens (tertiary/aromatic N) is 7. The molecule has 15 heteroatoms. The molecule has 0 radical (unpaired) electrons. The van der Waals surface area contributed by atoms with Gasteiger partial charge in [0, 0.05) is 47.1 Å². The summed E-state index contributed by atoms with van der Waals surface area (Å²) in [6, 6.07) is 13.0. The first-order valence-corrected chi connectivity index (χ1v) is 16.7. The van der Waals surface area contributed by atoms with Crippen molar-refractivity contribution in [1.29, 1.82) is 0 Å². The number of anilines is 1. The van der Waals surface area contributed by atoms with Crippen LogP contribution in [-0.4, -0.2) is 74.2 Å². The first-order valence-electron chi connectivity index (χ1n) is 13.4. The summed E-state index contributed by atoms with van der Waals surface area (Å²) in [6.07, 6.45) is 7.69. The lowest BCUT2D eigenvalue weighted by Crippen LogP contribution is -2.46. The van der Waals surface area contributed by atoms with E-state index in [0.717, 1.165) is 29.4 Å². The molecule has 0 aliphatic carbocycles. The summed E-state index contributed by atoms with van der Waals surface area (Å²) >= 11 is 0. The number of hydrogen-bond acceptors (Lipinski definition) is 10. The Kier molecular flexibility index (Phi) is 6.14. The number of benzene rings is 1. The van der Waals surface area contributed by atoms with Crippen LogP contribution >= 0.6 is 0 Å². The predicted molar refractivity (Wildman–Crippen MR) is 153 cm³/mol. The van der Waals surface area contributed by atoms with E-state index < -0.39 is 19.9 Å². The number of nitrogens with one attached hydrogen (secondary N) is 1. The average molecular weight is 606 g/mol. The van der Waals surface area contributed by atoms with Gasteiger partial charge in [-0.05, 0) is 31.7 Å².